The highest BCUT2D eigenvalue weighted by Crippen LogP contribution is 2.16. The molecule has 0 radical (unpaired) electrons. The van der Waals surface area contributed by atoms with E-state index >= 15 is 0 Å². The Balaban J connectivity index is 4.22. The van der Waals surface area contributed by atoms with Gasteiger partial charge in [0.25, 0.3) is 0 Å². The molecule has 0 aromatic carbocycles. The Morgan fingerprint density at radius 3 is 0.727 bits per heavy atom. The van der Waals surface area contributed by atoms with Crippen molar-refractivity contribution in [2.75, 3.05) is 13.2 Å². The van der Waals surface area contributed by atoms with Crippen LogP contribution in [0.3, 0.4) is 0 Å². The summed E-state index contributed by atoms with van der Waals surface area (Å²) in [4.78, 5) is 37.7. The van der Waals surface area contributed by atoms with Gasteiger partial charge in [-0.3, -0.25) is 14.4 Å². The van der Waals surface area contributed by atoms with Crippen LogP contribution in [-0.2, 0) is 28.6 Å². The first-order valence-corrected chi connectivity index (χ1v) is 24.5. The third kappa shape index (κ3) is 43.4. The Hall–Kier alpha value is -1.59. The Labute approximate surface area is 342 Å². The molecule has 0 rings (SSSR count). The molecule has 0 bridgehead atoms. The van der Waals surface area contributed by atoms with Crippen molar-refractivity contribution in [2.24, 2.45) is 0 Å². The summed E-state index contributed by atoms with van der Waals surface area (Å²) in [7, 11) is 0. The molecule has 0 amide bonds. The minimum atomic E-state index is -0.758. The zero-order valence-electron chi connectivity index (χ0n) is 37.2. The summed E-state index contributed by atoms with van der Waals surface area (Å²) in [6, 6.07) is 0. The maximum absolute atomic E-state index is 12.7. The van der Waals surface area contributed by atoms with E-state index in [0.29, 0.717) is 19.3 Å². The zero-order chi connectivity index (χ0) is 40.1. The van der Waals surface area contributed by atoms with Crippen molar-refractivity contribution in [1.82, 2.24) is 0 Å². The number of hydrogen-bond donors (Lipinski definition) is 0. The van der Waals surface area contributed by atoms with Gasteiger partial charge in [0.2, 0.25) is 0 Å². The molecule has 1 atom stereocenters. The molecule has 0 aromatic heterocycles. The molecule has 0 aliphatic carbocycles. The van der Waals surface area contributed by atoms with Crippen LogP contribution in [0.1, 0.15) is 278 Å². The fourth-order valence-corrected chi connectivity index (χ4v) is 7.38. The number of ether oxygens (including phenoxy) is 3. The summed E-state index contributed by atoms with van der Waals surface area (Å²) in [5.41, 5.74) is 0. The molecule has 55 heavy (non-hydrogen) atoms. The summed E-state index contributed by atoms with van der Waals surface area (Å²) in [6.45, 7) is 6.64. The molecule has 6 heteroatoms. The first-order valence-electron chi connectivity index (χ1n) is 24.5. The van der Waals surface area contributed by atoms with E-state index in [1.807, 2.05) is 0 Å². The van der Waals surface area contributed by atoms with E-state index in [1.54, 1.807) is 0 Å². The van der Waals surface area contributed by atoms with Gasteiger partial charge in [0, 0.05) is 19.3 Å². The molecule has 0 saturated carbocycles. The quantitative estimate of drug-likeness (QED) is 0.0348. The topological polar surface area (TPSA) is 78.9 Å². The molecule has 0 aromatic rings. The first kappa shape index (κ1) is 53.4. The molecule has 0 aliphatic rings. The third-order valence-corrected chi connectivity index (χ3v) is 11.1. The van der Waals surface area contributed by atoms with Crippen LogP contribution in [0, 0.1) is 0 Å². The van der Waals surface area contributed by atoms with Gasteiger partial charge in [-0.25, -0.2) is 0 Å². The Kier molecular flexibility index (Phi) is 43.8. The predicted octanol–water partition coefficient (Wildman–Crippen LogP) is 15.6. The maximum Gasteiger partial charge on any atom is 0.306 e. The lowest BCUT2D eigenvalue weighted by Gasteiger charge is -2.18. The standard InChI is InChI=1S/C49H94O6/c1-4-7-10-13-16-19-21-22-23-24-25-26-28-31-33-36-39-42-48(51)54-45-46(55-49(52)43-40-37-34-29-18-15-12-9-6-3)44-53-47(50)41-38-35-32-30-27-20-17-14-11-8-5-2/h46H,4-45H2,1-3H3/t46-/m0/s1. The van der Waals surface area contributed by atoms with Crippen LogP contribution in [0.2, 0.25) is 0 Å². The highest BCUT2D eigenvalue weighted by molar-refractivity contribution is 5.71. The van der Waals surface area contributed by atoms with Crippen LogP contribution in [0.25, 0.3) is 0 Å². The average Bonchev–Trinajstić information content (AvgIpc) is 3.18. The first-order chi connectivity index (χ1) is 27.0. The lowest BCUT2D eigenvalue weighted by Crippen LogP contribution is -2.30. The zero-order valence-corrected chi connectivity index (χ0v) is 37.2. The van der Waals surface area contributed by atoms with Crippen molar-refractivity contribution < 1.29 is 28.6 Å². The summed E-state index contributed by atoms with van der Waals surface area (Å²) >= 11 is 0. The van der Waals surface area contributed by atoms with E-state index in [0.717, 1.165) is 57.8 Å². The second-order valence-electron chi connectivity index (χ2n) is 16.7. The Bertz CT molecular complexity index is 813. The minimum Gasteiger partial charge on any atom is -0.462 e. The fourth-order valence-electron chi connectivity index (χ4n) is 7.38. The van der Waals surface area contributed by atoms with Crippen molar-refractivity contribution in [3.63, 3.8) is 0 Å². The predicted molar refractivity (Wildman–Crippen MR) is 233 cm³/mol. The smallest absolute Gasteiger partial charge is 0.306 e. The monoisotopic (exact) mass is 779 g/mol. The number of carbonyl (C=O) groups excluding carboxylic acids is 3. The van der Waals surface area contributed by atoms with Gasteiger partial charge in [0.15, 0.2) is 6.10 Å². The van der Waals surface area contributed by atoms with E-state index in [-0.39, 0.29) is 31.1 Å². The maximum atomic E-state index is 12.7. The molecule has 0 spiro atoms. The van der Waals surface area contributed by atoms with Gasteiger partial charge >= 0.3 is 17.9 Å². The highest BCUT2D eigenvalue weighted by Gasteiger charge is 2.19. The fraction of sp³-hybridized carbons (Fsp3) is 0.939. The van der Waals surface area contributed by atoms with Crippen LogP contribution in [0.15, 0.2) is 0 Å². The lowest BCUT2D eigenvalue weighted by molar-refractivity contribution is -0.167. The molecule has 6 nitrogen and oxygen atoms in total. The Morgan fingerprint density at radius 2 is 0.491 bits per heavy atom. The minimum absolute atomic E-state index is 0.0625. The summed E-state index contributed by atoms with van der Waals surface area (Å²) in [5.74, 6) is -0.850. The van der Waals surface area contributed by atoms with Crippen LogP contribution in [0.5, 0.6) is 0 Å². The second-order valence-corrected chi connectivity index (χ2v) is 16.7. The van der Waals surface area contributed by atoms with Crippen LogP contribution in [0.4, 0.5) is 0 Å². The number of hydrogen-bond acceptors (Lipinski definition) is 6. The number of rotatable bonds is 45. The third-order valence-electron chi connectivity index (χ3n) is 11.1. The van der Waals surface area contributed by atoms with E-state index in [1.165, 1.54) is 180 Å². The van der Waals surface area contributed by atoms with Crippen LogP contribution >= 0.6 is 0 Å². The summed E-state index contributed by atoms with van der Waals surface area (Å²) in [6.07, 6.45) is 46.6. The normalized spacial score (nSPS) is 11.8. The van der Waals surface area contributed by atoms with Gasteiger partial charge in [0.05, 0.1) is 0 Å². The van der Waals surface area contributed by atoms with Gasteiger partial charge in [-0.1, -0.05) is 239 Å². The van der Waals surface area contributed by atoms with Gasteiger partial charge in [-0.2, -0.15) is 0 Å². The molecule has 0 fully saturated rings. The van der Waals surface area contributed by atoms with Gasteiger partial charge in [-0.15, -0.1) is 0 Å². The molecule has 0 N–H and O–H groups in total. The van der Waals surface area contributed by atoms with Crippen molar-refractivity contribution in [1.29, 1.82) is 0 Å². The van der Waals surface area contributed by atoms with E-state index in [4.69, 9.17) is 14.2 Å². The average molecular weight is 779 g/mol. The molecular formula is C49H94O6. The SMILES string of the molecule is CCCCCCCCCCCCCCCCCCCC(=O)OC[C@H](COC(=O)CCCCCCCCCCCCC)OC(=O)CCCCCCCCCCC. The van der Waals surface area contributed by atoms with Crippen molar-refractivity contribution >= 4 is 17.9 Å². The summed E-state index contributed by atoms with van der Waals surface area (Å²) < 4.78 is 16.7. The highest BCUT2D eigenvalue weighted by atomic mass is 16.6. The molecular weight excluding hydrogens is 685 g/mol. The van der Waals surface area contributed by atoms with Crippen LogP contribution in [-0.4, -0.2) is 37.2 Å². The Morgan fingerprint density at radius 1 is 0.291 bits per heavy atom. The summed E-state index contributed by atoms with van der Waals surface area (Å²) in [5, 5.41) is 0. The van der Waals surface area contributed by atoms with Crippen molar-refractivity contribution in [2.45, 2.75) is 284 Å². The van der Waals surface area contributed by atoms with E-state index in [2.05, 4.69) is 20.8 Å². The molecule has 0 saturated heterocycles. The van der Waals surface area contributed by atoms with Crippen molar-refractivity contribution in [3.8, 4) is 0 Å². The second kappa shape index (κ2) is 45.1. The van der Waals surface area contributed by atoms with Gasteiger partial charge in [0.1, 0.15) is 13.2 Å². The van der Waals surface area contributed by atoms with E-state index < -0.39 is 6.10 Å². The van der Waals surface area contributed by atoms with E-state index in [9.17, 15) is 14.4 Å². The van der Waals surface area contributed by atoms with Gasteiger partial charge in [-0.05, 0) is 19.3 Å². The molecule has 0 unspecified atom stereocenters. The largest absolute Gasteiger partial charge is 0.462 e. The molecule has 0 aliphatic heterocycles. The van der Waals surface area contributed by atoms with Crippen LogP contribution < -0.4 is 0 Å². The number of unbranched alkanes of at least 4 members (excludes halogenated alkanes) is 34. The molecule has 326 valence electrons. The molecule has 0 heterocycles. The van der Waals surface area contributed by atoms with Crippen molar-refractivity contribution in [3.05, 3.63) is 0 Å². The van der Waals surface area contributed by atoms with Gasteiger partial charge < -0.3 is 14.2 Å². The number of carbonyl (C=O) groups is 3. The lowest BCUT2D eigenvalue weighted by atomic mass is 10.0. The number of esters is 3.